The Balaban J connectivity index is 1.49. The third kappa shape index (κ3) is 3.43. The van der Waals surface area contributed by atoms with E-state index in [0.29, 0.717) is 18.1 Å². The van der Waals surface area contributed by atoms with E-state index in [1.165, 1.54) is 16.7 Å². The molecule has 0 spiro atoms. The molecule has 1 aromatic carbocycles. The Morgan fingerprint density at radius 3 is 2.82 bits per heavy atom. The summed E-state index contributed by atoms with van der Waals surface area (Å²) in [6, 6.07) is 7.07. The van der Waals surface area contributed by atoms with Gasteiger partial charge in [-0.3, -0.25) is 4.99 Å². The highest BCUT2D eigenvalue weighted by atomic mass is 16.5. The van der Waals surface area contributed by atoms with Crippen molar-refractivity contribution in [3.8, 4) is 0 Å². The van der Waals surface area contributed by atoms with Gasteiger partial charge in [-0.1, -0.05) is 37.6 Å². The standard InChI is InChI=1S/C23H35N3O2/c1-6-24-22(25-20-18-9-11-28-21(18)23(20,4)5)26-10-12-27-19(14-26)17-8-7-15(2)13-16(17)3/h7-8,13,18-21H,6,9-12,14H2,1-5H3,(H,24,25). The topological polar surface area (TPSA) is 46.1 Å². The third-order valence-electron chi connectivity index (χ3n) is 6.83. The first kappa shape index (κ1) is 19.7. The molecule has 3 aliphatic rings. The van der Waals surface area contributed by atoms with Gasteiger partial charge >= 0.3 is 0 Å². The lowest BCUT2D eigenvalue weighted by Gasteiger charge is -2.55. The molecule has 2 saturated heterocycles. The molecule has 0 radical (unpaired) electrons. The molecule has 4 unspecified atom stereocenters. The lowest BCUT2D eigenvalue weighted by Crippen LogP contribution is -2.68. The van der Waals surface area contributed by atoms with Gasteiger partial charge < -0.3 is 19.7 Å². The lowest BCUT2D eigenvalue weighted by molar-refractivity contribution is -0.108. The summed E-state index contributed by atoms with van der Waals surface area (Å²) in [5.41, 5.74) is 4.04. The average Bonchev–Trinajstić information content (AvgIpc) is 3.12. The van der Waals surface area contributed by atoms with Crippen LogP contribution in [0.4, 0.5) is 0 Å². The maximum absolute atomic E-state index is 6.15. The SMILES string of the molecule is CCN=C(NC1C2CCOC2C1(C)C)N1CCOC(c2ccc(C)cc2C)C1. The summed E-state index contributed by atoms with van der Waals surface area (Å²) < 4.78 is 12.1. The number of morpholine rings is 1. The Morgan fingerprint density at radius 2 is 2.07 bits per heavy atom. The molecule has 5 heteroatoms. The predicted molar refractivity (Wildman–Crippen MR) is 113 cm³/mol. The summed E-state index contributed by atoms with van der Waals surface area (Å²) in [5, 5.41) is 3.82. The van der Waals surface area contributed by atoms with Crippen molar-refractivity contribution in [2.24, 2.45) is 16.3 Å². The first-order valence-electron chi connectivity index (χ1n) is 10.8. The van der Waals surface area contributed by atoms with Crippen molar-refractivity contribution in [2.45, 2.75) is 59.3 Å². The number of benzene rings is 1. The number of rotatable bonds is 3. The number of aliphatic imine (C=N–C) groups is 1. The molecule has 2 heterocycles. The van der Waals surface area contributed by atoms with Crippen molar-refractivity contribution in [2.75, 3.05) is 32.8 Å². The van der Waals surface area contributed by atoms with Gasteiger partial charge in [0.05, 0.1) is 19.3 Å². The van der Waals surface area contributed by atoms with Crippen molar-refractivity contribution in [1.82, 2.24) is 10.2 Å². The molecule has 1 N–H and O–H groups in total. The van der Waals surface area contributed by atoms with Crippen LogP contribution in [0.5, 0.6) is 0 Å². The van der Waals surface area contributed by atoms with Crippen molar-refractivity contribution >= 4 is 5.96 Å². The molecular formula is C23H35N3O2. The minimum absolute atomic E-state index is 0.0927. The zero-order chi connectivity index (χ0) is 19.9. The minimum Gasteiger partial charge on any atom is -0.377 e. The second kappa shape index (κ2) is 7.68. The summed E-state index contributed by atoms with van der Waals surface area (Å²) in [4.78, 5) is 7.23. The molecule has 4 rings (SSSR count). The highest BCUT2D eigenvalue weighted by Crippen LogP contribution is 2.52. The van der Waals surface area contributed by atoms with Crippen LogP contribution in [0.3, 0.4) is 0 Å². The van der Waals surface area contributed by atoms with Gasteiger partial charge in [0, 0.05) is 37.1 Å². The summed E-state index contributed by atoms with van der Waals surface area (Å²) in [6.45, 7) is 15.2. The van der Waals surface area contributed by atoms with Crippen LogP contribution in [0.1, 0.15) is 50.0 Å². The number of nitrogens with zero attached hydrogens (tertiary/aromatic N) is 2. The quantitative estimate of drug-likeness (QED) is 0.639. The smallest absolute Gasteiger partial charge is 0.194 e. The highest BCUT2D eigenvalue weighted by molar-refractivity contribution is 5.81. The van der Waals surface area contributed by atoms with Crippen molar-refractivity contribution in [3.63, 3.8) is 0 Å². The van der Waals surface area contributed by atoms with E-state index < -0.39 is 0 Å². The molecule has 0 amide bonds. The maximum Gasteiger partial charge on any atom is 0.194 e. The maximum atomic E-state index is 6.15. The molecule has 5 nitrogen and oxygen atoms in total. The number of ether oxygens (including phenoxy) is 2. The zero-order valence-corrected chi connectivity index (χ0v) is 18.0. The molecule has 3 fully saturated rings. The first-order valence-corrected chi connectivity index (χ1v) is 10.8. The fourth-order valence-electron chi connectivity index (χ4n) is 5.36. The fourth-order valence-corrected chi connectivity index (χ4v) is 5.36. The molecule has 1 saturated carbocycles. The lowest BCUT2D eigenvalue weighted by atomic mass is 9.57. The average molecular weight is 386 g/mol. The van der Waals surface area contributed by atoms with Crippen LogP contribution in [0.25, 0.3) is 0 Å². The summed E-state index contributed by atoms with van der Waals surface area (Å²) in [7, 11) is 0. The molecule has 4 atom stereocenters. The Kier molecular flexibility index (Phi) is 5.41. The number of hydrogen-bond donors (Lipinski definition) is 1. The van der Waals surface area contributed by atoms with Gasteiger partial charge in [0.2, 0.25) is 0 Å². The summed E-state index contributed by atoms with van der Waals surface area (Å²) in [5.74, 6) is 1.64. The molecule has 154 valence electrons. The number of aryl methyl sites for hydroxylation is 2. The second-order valence-electron chi connectivity index (χ2n) is 9.15. The minimum atomic E-state index is 0.0927. The van der Waals surface area contributed by atoms with E-state index in [-0.39, 0.29) is 11.5 Å². The monoisotopic (exact) mass is 385 g/mol. The van der Waals surface area contributed by atoms with Crippen LogP contribution in [0.15, 0.2) is 23.2 Å². The molecule has 28 heavy (non-hydrogen) atoms. The van der Waals surface area contributed by atoms with Gasteiger partial charge in [-0.2, -0.15) is 0 Å². The largest absolute Gasteiger partial charge is 0.377 e. The third-order valence-corrected chi connectivity index (χ3v) is 6.83. The van der Waals surface area contributed by atoms with Crippen LogP contribution in [0.2, 0.25) is 0 Å². The first-order chi connectivity index (χ1) is 13.4. The molecule has 2 aliphatic heterocycles. The molecule has 0 aromatic heterocycles. The van der Waals surface area contributed by atoms with E-state index in [4.69, 9.17) is 14.5 Å². The van der Waals surface area contributed by atoms with Gasteiger partial charge in [0.15, 0.2) is 5.96 Å². The van der Waals surface area contributed by atoms with E-state index >= 15 is 0 Å². The summed E-state index contributed by atoms with van der Waals surface area (Å²) >= 11 is 0. The fraction of sp³-hybridized carbons (Fsp3) is 0.696. The van der Waals surface area contributed by atoms with Gasteiger partial charge in [-0.15, -0.1) is 0 Å². The summed E-state index contributed by atoms with van der Waals surface area (Å²) in [6.07, 6.45) is 1.63. The zero-order valence-electron chi connectivity index (χ0n) is 18.0. The van der Waals surface area contributed by atoms with Gasteiger partial charge in [0.1, 0.15) is 6.10 Å². The molecule has 0 bridgehead atoms. The van der Waals surface area contributed by atoms with E-state index in [9.17, 15) is 0 Å². The molecule has 1 aliphatic carbocycles. The van der Waals surface area contributed by atoms with Gasteiger partial charge in [-0.05, 0) is 38.3 Å². The predicted octanol–water partition coefficient (Wildman–Crippen LogP) is 3.46. The van der Waals surface area contributed by atoms with E-state index in [0.717, 1.165) is 45.2 Å². The van der Waals surface area contributed by atoms with Crippen LogP contribution in [0, 0.1) is 25.2 Å². The normalized spacial score (nSPS) is 32.0. The van der Waals surface area contributed by atoms with Crippen molar-refractivity contribution < 1.29 is 9.47 Å². The van der Waals surface area contributed by atoms with Crippen LogP contribution in [-0.4, -0.2) is 55.9 Å². The Morgan fingerprint density at radius 1 is 1.25 bits per heavy atom. The van der Waals surface area contributed by atoms with E-state index in [2.05, 4.69) is 63.0 Å². The van der Waals surface area contributed by atoms with E-state index in [1.54, 1.807) is 0 Å². The number of hydrogen-bond acceptors (Lipinski definition) is 3. The number of fused-ring (bicyclic) bond motifs is 1. The van der Waals surface area contributed by atoms with Crippen LogP contribution in [-0.2, 0) is 9.47 Å². The van der Waals surface area contributed by atoms with Crippen LogP contribution < -0.4 is 5.32 Å². The highest BCUT2D eigenvalue weighted by Gasteiger charge is 2.59. The molecule has 1 aromatic rings. The van der Waals surface area contributed by atoms with Crippen LogP contribution >= 0.6 is 0 Å². The van der Waals surface area contributed by atoms with Crippen molar-refractivity contribution in [3.05, 3.63) is 34.9 Å². The van der Waals surface area contributed by atoms with E-state index in [1.807, 2.05) is 0 Å². The van der Waals surface area contributed by atoms with Gasteiger partial charge in [0.25, 0.3) is 0 Å². The van der Waals surface area contributed by atoms with Gasteiger partial charge in [-0.25, -0.2) is 0 Å². The second-order valence-corrected chi connectivity index (χ2v) is 9.15. The number of guanidine groups is 1. The van der Waals surface area contributed by atoms with Crippen molar-refractivity contribution in [1.29, 1.82) is 0 Å². The Hall–Kier alpha value is -1.59. The Labute approximate surface area is 169 Å². The number of nitrogens with one attached hydrogen (secondary N) is 1. The molecular weight excluding hydrogens is 350 g/mol. The Bertz CT molecular complexity index is 745.